The zero-order valence-corrected chi connectivity index (χ0v) is 17.8. The number of amides is 1. The summed E-state index contributed by atoms with van der Waals surface area (Å²) in [6, 6.07) is 15.8. The summed E-state index contributed by atoms with van der Waals surface area (Å²) in [6.07, 6.45) is 0.961. The molecule has 0 saturated carbocycles. The normalized spacial score (nSPS) is 11.0. The van der Waals surface area contributed by atoms with Crippen LogP contribution in [0.2, 0.25) is 0 Å². The molecule has 10 nitrogen and oxygen atoms in total. The van der Waals surface area contributed by atoms with E-state index in [0.717, 1.165) is 17.9 Å². The van der Waals surface area contributed by atoms with Crippen LogP contribution in [0.3, 0.4) is 0 Å². The van der Waals surface area contributed by atoms with Crippen molar-refractivity contribution in [3.05, 3.63) is 86.7 Å². The number of carbonyl (C=O) groups excluding carboxylic acids is 1. The molecule has 3 aromatic rings. The van der Waals surface area contributed by atoms with Crippen LogP contribution in [0.4, 0.5) is 11.4 Å². The third kappa shape index (κ3) is 5.38. The van der Waals surface area contributed by atoms with Crippen LogP contribution in [0.25, 0.3) is 11.3 Å². The lowest BCUT2D eigenvalue weighted by Crippen LogP contribution is -2.33. The van der Waals surface area contributed by atoms with Crippen molar-refractivity contribution in [2.24, 2.45) is 0 Å². The van der Waals surface area contributed by atoms with Gasteiger partial charge in [0.15, 0.2) is 9.84 Å². The zero-order valence-electron chi connectivity index (χ0n) is 17.0. The Bertz CT molecular complexity index is 1320. The van der Waals surface area contributed by atoms with Gasteiger partial charge in [-0.3, -0.25) is 19.7 Å². The molecule has 0 bridgehead atoms. The Morgan fingerprint density at radius 2 is 1.78 bits per heavy atom. The number of nitro benzene ring substituents is 1. The second-order valence-corrected chi connectivity index (χ2v) is 8.89. The molecular weight excluding hydrogens is 436 g/mol. The number of nitrogens with one attached hydrogen (secondary N) is 3. The molecule has 3 N–H and O–H groups in total. The van der Waals surface area contributed by atoms with Crippen LogP contribution in [0.1, 0.15) is 10.4 Å². The van der Waals surface area contributed by atoms with Gasteiger partial charge in [0, 0.05) is 31.1 Å². The molecule has 11 heteroatoms. The lowest BCUT2D eigenvalue weighted by atomic mass is 10.1. The number of pyridine rings is 1. The lowest BCUT2D eigenvalue weighted by molar-refractivity contribution is -0.384. The van der Waals surface area contributed by atoms with E-state index in [1.165, 1.54) is 18.2 Å². The number of nitrogens with zero attached hydrogens (tertiary/aromatic N) is 1. The van der Waals surface area contributed by atoms with Crippen molar-refractivity contribution < 1.29 is 18.1 Å². The number of hydrogen-bond donors (Lipinski definition) is 3. The van der Waals surface area contributed by atoms with Crippen LogP contribution in [0.15, 0.2) is 70.4 Å². The second kappa shape index (κ2) is 9.43. The smallest absolute Gasteiger partial charge is 0.293 e. The van der Waals surface area contributed by atoms with Crippen LogP contribution in [0.5, 0.6) is 0 Å². The minimum Gasteiger partial charge on any atom is -0.378 e. The van der Waals surface area contributed by atoms with E-state index in [2.05, 4.69) is 15.6 Å². The number of sulfone groups is 1. The summed E-state index contributed by atoms with van der Waals surface area (Å²) in [6.45, 7) is 0.189. The van der Waals surface area contributed by atoms with E-state index in [1.54, 1.807) is 6.07 Å². The van der Waals surface area contributed by atoms with E-state index in [0.29, 0.717) is 5.69 Å². The van der Waals surface area contributed by atoms with Gasteiger partial charge in [-0.2, -0.15) is 0 Å². The fourth-order valence-corrected chi connectivity index (χ4v) is 3.59. The molecule has 2 aromatic carbocycles. The van der Waals surface area contributed by atoms with Gasteiger partial charge in [0.05, 0.1) is 9.82 Å². The third-order valence-electron chi connectivity index (χ3n) is 4.56. The van der Waals surface area contributed by atoms with E-state index in [1.807, 2.05) is 30.3 Å². The highest BCUT2D eigenvalue weighted by molar-refractivity contribution is 7.90. The fraction of sp³-hybridized carbons (Fsp3) is 0.143. The number of hydrogen-bond acceptors (Lipinski definition) is 7. The van der Waals surface area contributed by atoms with E-state index >= 15 is 0 Å². The number of aromatic amines is 1. The van der Waals surface area contributed by atoms with Gasteiger partial charge >= 0.3 is 0 Å². The summed E-state index contributed by atoms with van der Waals surface area (Å²) in [5, 5.41) is 16.6. The molecular formula is C21H20N4O6S. The first-order valence-corrected chi connectivity index (χ1v) is 11.4. The molecule has 0 aliphatic carbocycles. The molecule has 0 spiro atoms. The minimum absolute atomic E-state index is 0.0619. The number of rotatable bonds is 8. The Labute approximate surface area is 183 Å². The highest BCUT2D eigenvalue weighted by Crippen LogP contribution is 2.27. The highest BCUT2D eigenvalue weighted by Gasteiger charge is 2.18. The molecule has 0 atom stereocenters. The van der Waals surface area contributed by atoms with E-state index in [9.17, 15) is 28.1 Å². The average Bonchev–Trinajstić information content (AvgIpc) is 2.76. The van der Waals surface area contributed by atoms with Crippen LogP contribution in [-0.4, -0.2) is 43.6 Å². The largest absolute Gasteiger partial charge is 0.378 e. The number of nitro groups is 1. The number of H-pyrrole nitrogens is 1. The first kappa shape index (κ1) is 22.7. The van der Waals surface area contributed by atoms with E-state index in [-0.39, 0.29) is 29.2 Å². The standard InChI is InChI=1S/C21H20N4O6S/c1-32(30,31)15-7-9-18(19(13-15)25(28)29)22-11-12-23-20(26)16-8-10-17(24-21(16)27)14-5-3-2-4-6-14/h2-10,13,22H,11-12H2,1H3,(H,23,26)(H,24,27). The summed E-state index contributed by atoms with van der Waals surface area (Å²) >= 11 is 0. The van der Waals surface area contributed by atoms with Crippen molar-refractivity contribution >= 4 is 27.1 Å². The van der Waals surface area contributed by atoms with Crippen molar-refractivity contribution in [1.29, 1.82) is 0 Å². The van der Waals surface area contributed by atoms with Crippen molar-refractivity contribution in [3.8, 4) is 11.3 Å². The average molecular weight is 456 g/mol. The molecule has 166 valence electrons. The van der Waals surface area contributed by atoms with Gasteiger partial charge < -0.3 is 15.6 Å². The van der Waals surface area contributed by atoms with Gasteiger partial charge in [0.1, 0.15) is 11.3 Å². The topological polar surface area (TPSA) is 151 Å². The summed E-state index contributed by atoms with van der Waals surface area (Å²) in [5.41, 5.74) is 0.508. The van der Waals surface area contributed by atoms with Crippen molar-refractivity contribution in [1.82, 2.24) is 10.3 Å². The molecule has 1 amide bonds. The summed E-state index contributed by atoms with van der Waals surface area (Å²) in [7, 11) is -3.59. The van der Waals surface area contributed by atoms with Crippen LogP contribution in [0, 0.1) is 10.1 Å². The SMILES string of the molecule is CS(=O)(=O)c1ccc(NCCNC(=O)c2ccc(-c3ccccc3)[nH]c2=O)c([N+](=O)[O-])c1. The van der Waals surface area contributed by atoms with Crippen molar-refractivity contribution in [2.75, 3.05) is 24.7 Å². The molecule has 0 unspecified atom stereocenters. The molecule has 0 radical (unpaired) electrons. The molecule has 0 saturated heterocycles. The van der Waals surface area contributed by atoms with Crippen molar-refractivity contribution in [3.63, 3.8) is 0 Å². The Balaban J connectivity index is 1.62. The van der Waals surface area contributed by atoms with Gasteiger partial charge in [-0.25, -0.2) is 8.42 Å². The lowest BCUT2D eigenvalue weighted by Gasteiger charge is -2.09. The van der Waals surface area contributed by atoms with Gasteiger partial charge in [-0.15, -0.1) is 0 Å². The van der Waals surface area contributed by atoms with Gasteiger partial charge in [0.25, 0.3) is 17.2 Å². The Morgan fingerprint density at radius 1 is 1.06 bits per heavy atom. The van der Waals surface area contributed by atoms with Gasteiger partial charge in [-0.1, -0.05) is 30.3 Å². The quantitative estimate of drug-likeness (QED) is 0.267. The summed E-state index contributed by atoms with van der Waals surface area (Å²) in [4.78, 5) is 37.7. The maximum atomic E-state index is 12.3. The Kier molecular flexibility index (Phi) is 6.69. The monoisotopic (exact) mass is 456 g/mol. The first-order chi connectivity index (χ1) is 15.2. The number of benzene rings is 2. The first-order valence-electron chi connectivity index (χ1n) is 9.46. The molecule has 1 aromatic heterocycles. The molecule has 1 heterocycles. The van der Waals surface area contributed by atoms with Crippen molar-refractivity contribution in [2.45, 2.75) is 4.90 Å². The van der Waals surface area contributed by atoms with Crippen LogP contribution in [-0.2, 0) is 9.84 Å². The van der Waals surface area contributed by atoms with E-state index < -0.39 is 31.9 Å². The third-order valence-corrected chi connectivity index (χ3v) is 5.67. The predicted molar refractivity (Wildman–Crippen MR) is 120 cm³/mol. The highest BCUT2D eigenvalue weighted by atomic mass is 32.2. The zero-order chi connectivity index (χ0) is 23.3. The minimum atomic E-state index is -3.59. The number of anilines is 1. The molecule has 0 aliphatic rings. The molecule has 32 heavy (non-hydrogen) atoms. The number of aromatic nitrogens is 1. The fourth-order valence-electron chi connectivity index (χ4n) is 2.95. The van der Waals surface area contributed by atoms with Crippen LogP contribution < -0.4 is 16.2 Å². The Morgan fingerprint density at radius 3 is 2.41 bits per heavy atom. The van der Waals surface area contributed by atoms with Gasteiger partial charge in [-0.05, 0) is 29.8 Å². The van der Waals surface area contributed by atoms with Gasteiger partial charge in [0.2, 0.25) is 0 Å². The Hall–Kier alpha value is -3.99. The molecule has 0 aliphatic heterocycles. The second-order valence-electron chi connectivity index (χ2n) is 6.87. The predicted octanol–water partition coefficient (Wildman–Crippen LogP) is 2.20. The maximum absolute atomic E-state index is 12.3. The van der Waals surface area contributed by atoms with E-state index in [4.69, 9.17) is 0 Å². The number of carbonyl (C=O) groups is 1. The van der Waals surface area contributed by atoms with Crippen LogP contribution >= 0.6 is 0 Å². The summed E-state index contributed by atoms with van der Waals surface area (Å²) < 4.78 is 23.2. The maximum Gasteiger partial charge on any atom is 0.293 e. The summed E-state index contributed by atoms with van der Waals surface area (Å²) in [5.74, 6) is -0.588. The molecule has 3 rings (SSSR count). The molecule has 0 fully saturated rings.